The van der Waals surface area contributed by atoms with Crippen LogP contribution in [0.25, 0.3) is 11.1 Å². The van der Waals surface area contributed by atoms with Crippen molar-refractivity contribution in [1.29, 1.82) is 5.26 Å². The zero-order valence-electron chi connectivity index (χ0n) is 24.3. The van der Waals surface area contributed by atoms with Gasteiger partial charge in [-0.2, -0.15) is 5.26 Å². The summed E-state index contributed by atoms with van der Waals surface area (Å²) in [6, 6.07) is 12.1. The number of piperidine rings is 1. The Morgan fingerprint density at radius 3 is 2.43 bits per heavy atom. The second-order valence-corrected chi connectivity index (χ2v) is 12.2. The van der Waals surface area contributed by atoms with Crippen LogP contribution in [0.15, 0.2) is 42.5 Å². The van der Waals surface area contributed by atoms with E-state index in [-0.39, 0.29) is 24.3 Å². The summed E-state index contributed by atoms with van der Waals surface area (Å²) in [5, 5.41) is 12.5. The smallest absolute Gasteiger partial charge is 0.411 e. The minimum atomic E-state index is -0.969. The lowest BCUT2D eigenvalue weighted by Crippen LogP contribution is -2.55. The number of likely N-dealkylation sites (tertiary alicyclic amines) is 1. The number of rotatable bonds is 6. The van der Waals surface area contributed by atoms with Gasteiger partial charge in [-0.25, -0.2) is 9.18 Å². The number of hydrogen-bond donors (Lipinski definition) is 1. The van der Waals surface area contributed by atoms with E-state index in [0.29, 0.717) is 43.0 Å². The van der Waals surface area contributed by atoms with Crippen molar-refractivity contribution < 1.29 is 28.2 Å². The topological polar surface area (TPSA) is 112 Å². The first kappa shape index (κ1) is 29.5. The number of morpholine rings is 1. The summed E-state index contributed by atoms with van der Waals surface area (Å²) in [5.74, 6) is -0.960. The molecule has 9 nitrogen and oxygen atoms in total. The summed E-state index contributed by atoms with van der Waals surface area (Å²) in [6.45, 7) is 7.51. The molecular formula is C32H37FN4O5. The van der Waals surface area contributed by atoms with Gasteiger partial charge < -0.3 is 19.7 Å². The van der Waals surface area contributed by atoms with Gasteiger partial charge >= 0.3 is 6.09 Å². The summed E-state index contributed by atoms with van der Waals surface area (Å²) in [7, 11) is 0. The highest BCUT2D eigenvalue weighted by atomic mass is 19.1. The fraction of sp³-hybridized carbons (Fsp3) is 0.500. The van der Waals surface area contributed by atoms with Gasteiger partial charge in [-0.05, 0) is 80.8 Å². The normalized spacial score (nSPS) is 22.4. The number of carbonyl (C=O) groups excluding carboxylic acids is 3. The van der Waals surface area contributed by atoms with Gasteiger partial charge in [0.2, 0.25) is 5.91 Å². The van der Waals surface area contributed by atoms with Crippen LogP contribution in [0, 0.1) is 23.1 Å². The van der Waals surface area contributed by atoms with E-state index in [4.69, 9.17) is 9.47 Å². The number of nitrogens with zero attached hydrogens (tertiary/aromatic N) is 3. The van der Waals surface area contributed by atoms with E-state index < -0.39 is 35.5 Å². The van der Waals surface area contributed by atoms with Crippen molar-refractivity contribution >= 4 is 17.9 Å². The van der Waals surface area contributed by atoms with Gasteiger partial charge in [-0.15, -0.1) is 0 Å². The Hall–Kier alpha value is -3.97. The number of benzene rings is 2. The van der Waals surface area contributed by atoms with Crippen LogP contribution in [0.1, 0.15) is 56.0 Å². The van der Waals surface area contributed by atoms with Crippen molar-refractivity contribution in [1.82, 2.24) is 15.1 Å². The molecule has 2 bridgehead atoms. The number of ether oxygens (including phenoxy) is 2. The Morgan fingerprint density at radius 2 is 1.79 bits per heavy atom. The molecule has 3 fully saturated rings. The minimum Gasteiger partial charge on any atom is -0.444 e. The minimum absolute atomic E-state index is 0.00781. The highest BCUT2D eigenvalue weighted by molar-refractivity contribution is 5.94. The number of carbonyl (C=O) groups is 3. The largest absolute Gasteiger partial charge is 0.444 e. The average Bonchev–Trinajstić information content (AvgIpc) is 3.59. The fourth-order valence-corrected chi connectivity index (χ4v) is 6.16. The van der Waals surface area contributed by atoms with Crippen molar-refractivity contribution in [2.75, 3.05) is 26.3 Å². The molecule has 0 spiro atoms. The third-order valence-electron chi connectivity index (χ3n) is 8.17. The Morgan fingerprint density at radius 1 is 1.10 bits per heavy atom. The highest BCUT2D eigenvalue weighted by Crippen LogP contribution is 2.43. The van der Waals surface area contributed by atoms with Crippen molar-refractivity contribution in [2.24, 2.45) is 5.92 Å². The quantitative estimate of drug-likeness (QED) is 0.549. The van der Waals surface area contributed by atoms with Crippen molar-refractivity contribution in [3.63, 3.8) is 0 Å². The van der Waals surface area contributed by atoms with E-state index >= 15 is 4.39 Å². The molecule has 222 valence electrons. The number of nitrogens with one attached hydrogen (secondary N) is 1. The zero-order valence-corrected chi connectivity index (χ0v) is 24.3. The van der Waals surface area contributed by atoms with Gasteiger partial charge in [0.1, 0.15) is 23.5 Å². The van der Waals surface area contributed by atoms with Crippen molar-refractivity contribution in [3.8, 4) is 17.2 Å². The SMILES string of the molecule is CC(C)(C)OC(=O)N1C2CCC(C2)C1C(=O)NC(C#N)Cc1ccc(-c2ccc(C(=O)N3CCOCC3)cc2)cc1F. The predicted molar refractivity (Wildman–Crippen MR) is 153 cm³/mol. The Bertz CT molecular complexity index is 1380. The summed E-state index contributed by atoms with van der Waals surface area (Å²) in [6.07, 6.45) is 1.84. The molecule has 4 atom stereocenters. The average molecular weight is 577 g/mol. The lowest BCUT2D eigenvalue weighted by atomic mass is 9.96. The number of halogens is 1. The molecule has 1 N–H and O–H groups in total. The molecule has 3 aliphatic rings. The first-order chi connectivity index (χ1) is 20.0. The lowest BCUT2D eigenvalue weighted by Gasteiger charge is -2.35. The van der Waals surface area contributed by atoms with E-state index in [0.717, 1.165) is 24.8 Å². The number of amides is 3. The number of fused-ring (bicyclic) bond motifs is 2. The van der Waals surface area contributed by atoms with E-state index in [9.17, 15) is 19.6 Å². The maximum atomic E-state index is 15.2. The van der Waals surface area contributed by atoms with Gasteiger partial charge in [-0.1, -0.05) is 24.3 Å². The van der Waals surface area contributed by atoms with Crippen molar-refractivity contribution in [2.45, 2.75) is 70.2 Å². The zero-order chi connectivity index (χ0) is 30.0. The molecular weight excluding hydrogens is 539 g/mol. The van der Waals surface area contributed by atoms with Gasteiger partial charge in [0, 0.05) is 31.1 Å². The Balaban J connectivity index is 1.23. The molecule has 5 rings (SSSR count). The van der Waals surface area contributed by atoms with Crippen LogP contribution in [0.4, 0.5) is 9.18 Å². The molecule has 2 heterocycles. The highest BCUT2D eigenvalue weighted by Gasteiger charge is 2.52. The first-order valence-electron chi connectivity index (χ1n) is 14.5. The van der Waals surface area contributed by atoms with Crippen LogP contribution in [0.5, 0.6) is 0 Å². The van der Waals surface area contributed by atoms with Crippen LogP contribution < -0.4 is 5.32 Å². The molecule has 1 saturated carbocycles. The monoisotopic (exact) mass is 576 g/mol. The molecule has 4 unspecified atom stereocenters. The summed E-state index contributed by atoms with van der Waals surface area (Å²) < 4.78 is 26.1. The second kappa shape index (κ2) is 12.1. The molecule has 42 heavy (non-hydrogen) atoms. The van der Waals surface area contributed by atoms with E-state index in [1.165, 1.54) is 11.0 Å². The van der Waals surface area contributed by atoms with Crippen molar-refractivity contribution in [3.05, 3.63) is 59.4 Å². The number of nitriles is 1. The van der Waals surface area contributed by atoms with Crippen LogP contribution in [-0.2, 0) is 20.7 Å². The first-order valence-corrected chi connectivity index (χ1v) is 14.5. The Kier molecular flexibility index (Phi) is 8.50. The van der Waals surface area contributed by atoms with E-state index in [1.54, 1.807) is 62.1 Å². The summed E-state index contributed by atoms with van der Waals surface area (Å²) >= 11 is 0. The molecule has 1 aliphatic carbocycles. The molecule has 2 aromatic carbocycles. The molecule has 2 saturated heterocycles. The van der Waals surface area contributed by atoms with Gasteiger partial charge in [0.15, 0.2) is 0 Å². The van der Waals surface area contributed by atoms with Crippen LogP contribution in [0.3, 0.4) is 0 Å². The van der Waals surface area contributed by atoms with E-state index in [1.807, 2.05) is 0 Å². The lowest BCUT2D eigenvalue weighted by molar-refractivity contribution is -0.128. The molecule has 2 aliphatic heterocycles. The van der Waals surface area contributed by atoms with Crippen LogP contribution >= 0.6 is 0 Å². The Labute approximate surface area is 245 Å². The molecule has 0 radical (unpaired) electrons. The van der Waals surface area contributed by atoms with Gasteiger partial charge in [-0.3, -0.25) is 14.5 Å². The second-order valence-electron chi connectivity index (χ2n) is 12.2. The molecule has 3 amide bonds. The fourth-order valence-electron chi connectivity index (χ4n) is 6.16. The van der Waals surface area contributed by atoms with Gasteiger partial charge in [0.05, 0.1) is 19.3 Å². The third-order valence-corrected chi connectivity index (χ3v) is 8.17. The summed E-state index contributed by atoms with van der Waals surface area (Å²) in [4.78, 5) is 42.2. The predicted octanol–water partition coefficient (Wildman–Crippen LogP) is 4.30. The molecule has 10 heteroatoms. The van der Waals surface area contributed by atoms with Gasteiger partial charge in [0.25, 0.3) is 5.91 Å². The van der Waals surface area contributed by atoms with E-state index in [2.05, 4.69) is 11.4 Å². The number of hydrogen-bond acceptors (Lipinski definition) is 6. The van der Waals surface area contributed by atoms with Crippen LogP contribution in [-0.4, -0.2) is 77.7 Å². The maximum absolute atomic E-state index is 15.2. The molecule has 0 aromatic heterocycles. The standard InChI is InChI=1S/C32H37FN4O5/c1-32(2,3)42-31(40)37-26-11-10-24(17-26)28(37)29(38)35-25(19-34)16-23-9-8-22(18-27(23)33)20-4-6-21(7-5-20)30(39)36-12-14-41-15-13-36/h4-9,18,24-26,28H,10-17H2,1-3H3,(H,35,38). The maximum Gasteiger partial charge on any atom is 0.411 e. The van der Waals surface area contributed by atoms with Crippen LogP contribution in [0.2, 0.25) is 0 Å². The molecule has 2 aromatic rings. The third kappa shape index (κ3) is 6.41. The summed E-state index contributed by atoms with van der Waals surface area (Å²) in [5.41, 5.74) is 1.55.